The van der Waals surface area contributed by atoms with E-state index in [4.69, 9.17) is 27.8 Å². The van der Waals surface area contributed by atoms with Crippen LogP contribution in [0.4, 0.5) is 24.5 Å². The van der Waals surface area contributed by atoms with Crippen LogP contribution in [0.25, 0.3) is 0 Å². The summed E-state index contributed by atoms with van der Waals surface area (Å²) in [6.07, 6.45) is 0. The van der Waals surface area contributed by atoms with Crippen molar-refractivity contribution in [1.29, 1.82) is 0 Å². The first-order chi connectivity index (χ1) is 9.31. The predicted octanol–water partition coefficient (Wildman–Crippen LogP) is 4.48. The predicted molar refractivity (Wildman–Crippen MR) is 74.4 cm³/mol. The molecule has 0 fully saturated rings. The van der Waals surface area contributed by atoms with Crippen molar-refractivity contribution in [1.82, 2.24) is 0 Å². The molecule has 0 saturated heterocycles. The van der Waals surface area contributed by atoms with Gasteiger partial charge in [0.15, 0.2) is 23.1 Å². The fourth-order valence-electron chi connectivity index (χ4n) is 1.47. The number of anilines is 2. The first-order valence-corrected chi connectivity index (χ1v) is 6.33. The Hall–Kier alpha value is -1.60. The number of nitrogens with two attached hydrogens (primary N) is 2. The molecule has 106 valence electrons. The maximum Gasteiger partial charge on any atom is 0.201 e. The second-order valence-corrected chi connectivity index (χ2v) is 5.11. The fraction of sp³-hybridized carbons (Fsp3) is 0. The molecule has 4 N–H and O–H groups in total. The van der Waals surface area contributed by atoms with Gasteiger partial charge in [0, 0.05) is 4.47 Å². The highest BCUT2D eigenvalue weighted by Crippen LogP contribution is 2.39. The lowest BCUT2D eigenvalue weighted by atomic mass is 10.2. The zero-order chi connectivity index (χ0) is 15.0. The lowest BCUT2D eigenvalue weighted by Gasteiger charge is -2.13. The number of rotatable bonds is 2. The molecule has 0 aliphatic rings. The quantitative estimate of drug-likeness (QED) is 0.608. The summed E-state index contributed by atoms with van der Waals surface area (Å²) in [5.74, 6) is -4.55. The van der Waals surface area contributed by atoms with E-state index < -0.39 is 34.0 Å². The minimum absolute atomic E-state index is 0.0880. The Morgan fingerprint density at radius 1 is 1.00 bits per heavy atom. The van der Waals surface area contributed by atoms with E-state index in [0.717, 1.165) is 18.2 Å². The summed E-state index contributed by atoms with van der Waals surface area (Å²) < 4.78 is 45.9. The molecule has 0 unspecified atom stereocenters. The van der Waals surface area contributed by atoms with Gasteiger partial charge in [-0.2, -0.15) is 4.39 Å². The molecular weight excluding hydrogens is 360 g/mol. The van der Waals surface area contributed by atoms with Crippen molar-refractivity contribution >= 4 is 38.9 Å². The van der Waals surface area contributed by atoms with Crippen LogP contribution in [0.2, 0.25) is 5.02 Å². The zero-order valence-electron chi connectivity index (χ0n) is 9.68. The van der Waals surface area contributed by atoms with Gasteiger partial charge in [0.1, 0.15) is 5.02 Å². The summed E-state index contributed by atoms with van der Waals surface area (Å²) in [5, 5.41) is -0.412. The fourth-order valence-corrected chi connectivity index (χ4v) is 2.02. The summed E-state index contributed by atoms with van der Waals surface area (Å²) in [6.45, 7) is 0. The molecule has 3 nitrogen and oxygen atoms in total. The minimum Gasteiger partial charge on any atom is -0.449 e. The van der Waals surface area contributed by atoms with Gasteiger partial charge in [0.25, 0.3) is 0 Å². The van der Waals surface area contributed by atoms with Gasteiger partial charge in [-0.3, -0.25) is 0 Å². The first-order valence-electron chi connectivity index (χ1n) is 5.16. The summed E-state index contributed by atoms with van der Waals surface area (Å²) in [4.78, 5) is 0. The van der Waals surface area contributed by atoms with Crippen molar-refractivity contribution in [3.05, 3.63) is 45.1 Å². The largest absolute Gasteiger partial charge is 0.449 e. The second-order valence-electron chi connectivity index (χ2n) is 3.81. The van der Waals surface area contributed by atoms with Crippen LogP contribution in [-0.4, -0.2) is 0 Å². The van der Waals surface area contributed by atoms with E-state index in [9.17, 15) is 13.2 Å². The Morgan fingerprint density at radius 3 is 2.30 bits per heavy atom. The SMILES string of the molecule is Nc1cc(N)c(Oc2cc(Br)cc(F)c2F)c(F)c1Cl. The van der Waals surface area contributed by atoms with Gasteiger partial charge in [-0.15, -0.1) is 0 Å². The van der Waals surface area contributed by atoms with E-state index in [1.54, 1.807) is 0 Å². The Kier molecular flexibility index (Phi) is 4.01. The van der Waals surface area contributed by atoms with E-state index in [0.29, 0.717) is 0 Å². The standard InChI is InChI=1S/C12H7BrClF3N2O/c13-4-1-5(15)10(16)8(2-4)20-12-7(19)3-6(18)9(14)11(12)17/h1-3H,18-19H2. The van der Waals surface area contributed by atoms with Crippen molar-refractivity contribution in [2.75, 3.05) is 11.5 Å². The summed E-state index contributed by atoms with van der Waals surface area (Å²) >= 11 is 8.58. The zero-order valence-corrected chi connectivity index (χ0v) is 12.0. The van der Waals surface area contributed by atoms with Gasteiger partial charge in [0.2, 0.25) is 5.82 Å². The van der Waals surface area contributed by atoms with Gasteiger partial charge < -0.3 is 16.2 Å². The molecule has 0 saturated carbocycles. The number of nitrogen functional groups attached to an aromatic ring is 2. The molecule has 0 spiro atoms. The monoisotopic (exact) mass is 366 g/mol. The highest BCUT2D eigenvalue weighted by molar-refractivity contribution is 9.10. The van der Waals surface area contributed by atoms with Crippen LogP contribution >= 0.6 is 27.5 Å². The second kappa shape index (κ2) is 5.41. The van der Waals surface area contributed by atoms with E-state index in [-0.39, 0.29) is 15.8 Å². The molecule has 2 aromatic carbocycles. The van der Waals surface area contributed by atoms with Crippen molar-refractivity contribution in [2.24, 2.45) is 0 Å². The third kappa shape index (κ3) is 2.64. The molecule has 0 aliphatic heterocycles. The number of halogens is 5. The summed E-state index contributed by atoms with van der Waals surface area (Å²) in [7, 11) is 0. The maximum atomic E-state index is 13.9. The number of hydrogen-bond acceptors (Lipinski definition) is 3. The molecule has 0 atom stereocenters. The van der Waals surface area contributed by atoms with E-state index in [1.165, 1.54) is 0 Å². The number of ether oxygens (including phenoxy) is 1. The molecule has 2 aromatic rings. The highest BCUT2D eigenvalue weighted by atomic mass is 79.9. The van der Waals surface area contributed by atoms with Crippen LogP contribution in [0.3, 0.4) is 0 Å². The summed E-state index contributed by atoms with van der Waals surface area (Å²) in [5.41, 5.74) is 10.7. The Labute approximate surface area is 125 Å². The third-order valence-corrected chi connectivity index (χ3v) is 3.23. The lowest BCUT2D eigenvalue weighted by Crippen LogP contribution is -2.01. The molecule has 0 heterocycles. The highest BCUT2D eigenvalue weighted by Gasteiger charge is 2.19. The maximum absolute atomic E-state index is 13.9. The molecule has 8 heteroatoms. The molecule has 0 amide bonds. The van der Waals surface area contributed by atoms with Crippen LogP contribution < -0.4 is 16.2 Å². The normalized spacial score (nSPS) is 10.7. The van der Waals surface area contributed by atoms with E-state index >= 15 is 0 Å². The molecule has 0 aromatic heterocycles. The molecule has 2 rings (SSSR count). The Bertz CT molecular complexity index is 697. The molecule has 20 heavy (non-hydrogen) atoms. The average molecular weight is 368 g/mol. The van der Waals surface area contributed by atoms with Crippen LogP contribution in [0.1, 0.15) is 0 Å². The first kappa shape index (κ1) is 14.8. The van der Waals surface area contributed by atoms with Gasteiger partial charge in [0.05, 0.1) is 11.4 Å². The molecule has 0 aliphatic carbocycles. The average Bonchev–Trinajstić information content (AvgIpc) is 2.37. The van der Waals surface area contributed by atoms with E-state index in [2.05, 4.69) is 15.9 Å². The third-order valence-electron chi connectivity index (χ3n) is 2.39. The topological polar surface area (TPSA) is 61.3 Å². The van der Waals surface area contributed by atoms with Crippen LogP contribution in [-0.2, 0) is 0 Å². The van der Waals surface area contributed by atoms with Crippen molar-refractivity contribution in [3.8, 4) is 11.5 Å². The Morgan fingerprint density at radius 2 is 1.65 bits per heavy atom. The van der Waals surface area contributed by atoms with Crippen LogP contribution in [0, 0.1) is 17.5 Å². The van der Waals surface area contributed by atoms with E-state index in [1.807, 2.05) is 0 Å². The van der Waals surface area contributed by atoms with Gasteiger partial charge in [-0.1, -0.05) is 27.5 Å². The molecular formula is C12H7BrClF3N2O. The van der Waals surface area contributed by atoms with Crippen molar-refractivity contribution in [2.45, 2.75) is 0 Å². The van der Waals surface area contributed by atoms with Gasteiger partial charge in [-0.05, 0) is 18.2 Å². The molecule has 0 bridgehead atoms. The minimum atomic E-state index is -1.28. The number of hydrogen-bond donors (Lipinski definition) is 2. The smallest absolute Gasteiger partial charge is 0.201 e. The van der Waals surface area contributed by atoms with Crippen LogP contribution in [0.15, 0.2) is 22.7 Å². The molecule has 0 radical (unpaired) electrons. The lowest BCUT2D eigenvalue weighted by molar-refractivity contribution is 0.398. The van der Waals surface area contributed by atoms with Gasteiger partial charge in [-0.25, -0.2) is 8.78 Å². The van der Waals surface area contributed by atoms with Crippen LogP contribution in [0.5, 0.6) is 11.5 Å². The van der Waals surface area contributed by atoms with Crippen molar-refractivity contribution < 1.29 is 17.9 Å². The van der Waals surface area contributed by atoms with Gasteiger partial charge >= 0.3 is 0 Å². The summed E-state index contributed by atoms with van der Waals surface area (Å²) in [6, 6.07) is 3.19. The van der Waals surface area contributed by atoms with Crippen molar-refractivity contribution in [3.63, 3.8) is 0 Å². The Balaban J connectivity index is 2.54. The number of benzene rings is 2.